The average Bonchev–Trinajstić information content (AvgIpc) is 2.48. The zero-order valence-electron chi connectivity index (χ0n) is 11.7. The molecule has 0 aliphatic carbocycles. The molecule has 1 unspecified atom stereocenters. The van der Waals surface area contributed by atoms with Crippen LogP contribution in [0, 0.1) is 0 Å². The van der Waals surface area contributed by atoms with E-state index in [4.69, 9.17) is 11.6 Å². The van der Waals surface area contributed by atoms with Gasteiger partial charge in [-0.05, 0) is 42.8 Å². The topological polar surface area (TPSA) is 60.8 Å². The number of halogens is 1. The molecule has 0 radical (unpaired) electrons. The maximum Gasteiger partial charge on any atom is 0.254 e. The Morgan fingerprint density at radius 3 is 2.33 bits per heavy atom. The van der Waals surface area contributed by atoms with E-state index < -0.39 is 0 Å². The van der Waals surface area contributed by atoms with Crippen molar-refractivity contribution in [1.29, 1.82) is 0 Å². The van der Waals surface area contributed by atoms with Crippen LogP contribution in [-0.4, -0.2) is 28.1 Å². The quantitative estimate of drug-likeness (QED) is 0.911. The number of carbonyl (C=O) groups is 1. The second-order valence-electron chi connectivity index (χ2n) is 4.85. The van der Waals surface area contributed by atoms with Crippen LogP contribution >= 0.6 is 11.6 Å². The zero-order chi connectivity index (χ0) is 15.6. The van der Waals surface area contributed by atoms with E-state index in [-0.39, 0.29) is 28.5 Å². The van der Waals surface area contributed by atoms with Crippen LogP contribution in [0.5, 0.6) is 11.5 Å². The monoisotopic (exact) mass is 305 g/mol. The molecule has 2 rings (SSSR count). The fourth-order valence-corrected chi connectivity index (χ4v) is 2.18. The number of aromatic hydroxyl groups is 2. The van der Waals surface area contributed by atoms with Crippen molar-refractivity contribution in [3.05, 3.63) is 58.6 Å². The number of nitrogens with zero attached hydrogens (tertiary/aromatic N) is 1. The number of carbonyl (C=O) groups excluding carboxylic acids is 1. The predicted molar refractivity (Wildman–Crippen MR) is 81.7 cm³/mol. The van der Waals surface area contributed by atoms with Gasteiger partial charge in [-0.1, -0.05) is 23.7 Å². The number of benzene rings is 2. The van der Waals surface area contributed by atoms with E-state index in [2.05, 4.69) is 0 Å². The van der Waals surface area contributed by atoms with Crippen molar-refractivity contribution in [3.8, 4) is 11.5 Å². The van der Waals surface area contributed by atoms with Crippen molar-refractivity contribution >= 4 is 17.5 Å². The van der Waals surface area contributed by atoms with E-state index in [1.54, 1.807) is 36.2 Å². The average molecular weight is 306 g/mol. The number of hydrogen-bond acceptors (Lipinski definition) is 3. The van der Waals surface area contributed by atoms with Crippen LogP contribution in [0.15, 0.2) is 42.5 Å². The molecule has 0 spiro atoms. The number of hydrogen-bond donors (Lipinski definition) is 2. The fraction of sp³-hybridized carbons (Fsp3) is 0.188. The summed E-state index contributed by atoms with van der Waals surface area (Å²) >= 11 is 5.83. The molecule has 2 aromatic rings. The summed E-state index contributed by atoms with van der Waals surface area (Å²) in [4.78, 5) is 14.0. The minimum absolute atomic E-state index is 0.0533. The van der Waals surface area contributed by atoms with Crippen molar-refractivity contribution < 1.29 is 15.0 Å². The zero-order valence-corrected chi connectivity index (χ0v) is 12.5. The van der Waals surface area contributed by atoms with E-state index >= 15 is 0 Å². The van der Waals surface area contributed by atoms with Gasteiger partial charge in [-0.2, -0.15) is 0 Å². The molecule has 1 atom stereocenters. The standard InChI is InChI=1S/C16H16ClNO3/c1-10(11-3-6-13(19)7-4-11)18(2)16(21)12-5-8-15(20)14(17)9-12/h3-10,19-20H,1-2H3. The highest BCUT2D eigenvalue weighted by molar-refractivity contribution is 6.32. The molecule has 0 aliphatic rings. The minimum Gasteiger partial charge on any atom is -0.508 e. The lowest BCUT2D eigenvalue weighted by Gasteiger charge is -2.25. The van der Waals surface area contributed by atoms with Crippen LogP contribution in [-0.2, 0) is 0 Å². The molecule has 0 saturated carbocycles. The van der Waals surface area contributed by atoms with Crippen LogP contribution in [0.4, 0.5) is 0 Å². The van der Waals surface area contributed by atoms with Crippen LogP contribution in [0.25, 0.3) is 0 Å². The van der Waals surface area contributed by atoms with Crippen LogP contribution in [0.1, 0.15) is 28.9 Å². The Morgan fingerprint density at radius 1 is 1.14 bits per heavy atom. The third-order valence-electron chi connectivity index (χ3n) is 3.47. The van der Waals surface area contributed by atoms with Gasteiger partial charge in [0.05, 0.1) is 11.1 Å². The molecule has 1 amide bonds. The van der Waals surface area contributed by atoms with Gasteiger partial charge in [-0.15, -0.1) is 0 Å². The van der Waals surface area contributed by atoms with Crippen molar-refractivity contribution in [3.63, 3.8) is 0 Å². The van der Waals surface area contributed by atoms with Gasteiger partial charge in [0.1, 0.15) is 11.5 Å². The first-order valence-corrected chi connectivity index (χ1v) is 6.82. The SMILES string of the molecule is CC(c1ccc(O)cc1)N(C)C(=O)c1ccc(O)c(Cl)c1. The second kappa shape index (κ2) is 6.06. The Morgan fingerprint density at radius 2 is 1.76 bits per heavy atom. The third-order valence-corrected chi connectivity index (χ3v) is 3.77. The van der Waals surface area contributed by atoms with E-state index in [1.807, 2.05) is 6.92 Å². The lowest BCUT2D eigenvalue weighted by atomic mass is 10.1. The Hall–Kier alpha value is -2.20. The van der Waals surface area contributed by atoms with Crippen molar-refractivity contribution in [2.75, 3.05) is 7.05 Å². The number of rotatable bonds is 3. The Balaban J connectivity index is 2.21. The van der Waals surface area contributed by atoms with E-state index in [0.717, 1.165) is 5.56 Å². The molecule has 5 heteroatoms. The first-order valence-electron chi connectivity index (χ1n) is 6.44. The Labute approximate surface area is 128 Å². The number of phenolic OH excluding ortho intramolecular Hbond substituents is 2. The van der Waals surface area contributed by atoms with Gasteiger partial charge in [-0.3, -0.25) is 4.79 Å². The van der Waals surface area contributed by atoms with Crippen molar-refractivity contribution in [2.45, 2.75) is 13.0 Å². The molecular formula is C16H16ClNO3. The summed E-state index contributed by atoms with van der Waals surface area (Å²) in [5.41, 5.74) is 1.32. The van der Waals surface area contributed by atoms with Gasteiger partial charge < -0.3 is 15.1 Å². The molecule has 2 aromatic carbocycles. The van der Waals surface area contributed by atoms with Gasteiger partial charge in [-0.25, -0.2) is 0 Å². The lowest BCUT2D eigenvalue weighted by Crippen LogP contribution is -2.29. The fourth-order valence-electron chi connectivity index (χ4n) is 2.00. The summed E-state index contributed by atoms with van der Waals surface area (Å²) in [5.74, 6) is -0.0647. The van der Waals surface area contributed by atoms with Crippen LogP contribution < -0.4 is 0 Å². The second-order valence-corrected chi connectivity index (χ2v) is 5.26. The van der Waals surface area contributed by atoms with Crippen LogP contribution in [0.3, 0.4) is 0 Å². The van der Waals surface area contributed by atoms with Gasteiger partial charge in [0.2, 0.25) is 0 Å². The molecule has 21 heavy (non-hydrogen) atoms. The summed E-state index contributed by atoms with van der Waals surface area (Å²) in [6.45, 7) is 1.90. The van der Waals surface area contributed by atoms with Crippen LogP contribution in [0.2, 0.25) is 5.02 Å². The molecule has 0 fully saturated rings. The maximum absolute atomic E-state index is 12.4. The molecule has 2 N–H and O–H groups in total. The largest absolute Gasteiger partial charge is 0.508 e. The van der Waals surface area contributed by atoms with E-state index in [0.29, 0.717) is 5.56 Å². The normalized spacial score (nSPS) is 12.0. The molecule has 0 saturated heterocycles. The highest BCUT2D eigenvalue weighted by Crippen LogP contribution is 2.26. The third kappa shape index (κ3) is 3.28. The lowest BCUT2D eigenvalue weighted by molar-refractivity contribution is 0.0742. The number of amides is 1. The van der Waals surface area contributed by atoms with Gasteiger partial charge in [0.25, 0.3) is 5.91 Å². The molecule has 0 aromatic heterocycles. The van der Waals surface area contributed by atoms with Gasteiger partial charge in [0.15, 0.2) is 0 Å². The molecule has 4 nitrogen and oxygen atoms in total. The minimum atomic E-state index is -0.197. The molecule has 110 valence electrons. The van der Waals surface area contributed by atoms with Crippen molar-refractivity contribution in [1.82, 2.24) is 4.90 Å². The van der Waals surface area contributed by atoms with E-state index in [9.17, 15) is 15.0 Å². The number of phenols is 2. The maximum atomic E-state index is 12.4. The van der Waals surface area contributed by atoms with Crippen molar-refractivity contribution in [2.24, 2.45) is 0 Å². The Bertz CT molecular complexity index is 655. The summed E-state index contributed by atoms with van der Waals surface area (Å²) in [7, 11) is 1.70. The van der Waals surface area contributed by atoms with Gasteiger partial charge in [0, 0.05) is 12.6 Å². The predicted octanol–water partition coefficient (Wildman–Crippen LogP) is 3.58. The first kappa shape index (κ1) is 15.2. The molecule has 0 heterocycles. The molecular weight excluding hydrogens is 290 g/mol. The smallest absolute Gasteiger partial charge is 0.254 e. The molecule has 0 bridgehead atoms. The summed E-state index contributed by atoms with van der Waals surface area (Å²) in [5, 5.41) is 18.8. The van der Waals surface area contributed by atoms with E-state index in [1.165, 1.54) is 18.2 Å². The summed E-state index contributed by atoms with van der Waals surface area (Å²) in [6, 6.07) is 10.9. The highest BCUT2D eigenvalue weighted by atomic mass is 35.5. The summed E-state index contributed by atoms with van der Waals surface area (Å²) < 4.78 is 0. The summed E-state index contributed by atoms with van der Waals surface area (Å²) in [6.07, 6.45) is 0. The first-order chi connectivity index (χ1) is 9.90. The van der Waals surface area contributed by atoms with Gasteiger partial charge >= 0.3 is 0 Å². The Kier molecular flexibility index (Phi) is 4.38. The highest BCUT2D eigenvalue weighted by Gasteiger charge is 2.19. The molecule has 0 aliphatic heterocycles.